The third-order valence-corrected chi connectivity index (χ3v) is 6.10. The van der Waals surface area contributed by atoms with Crippen LogP contribution in [0.2, 0.25) is 0 Å². The van der Waals surface area contributed by atoms with E-state index in [2.05, 4.69) is 64.5 Å². The Morgan fingerprint density at radius 3 is 2.36 bits per heavy atom. The Bertz CT molecular complexity index is 1150. The highest BCUT2D eigenvalue weighted by Gasteiger charge is 2.22. The minimum absolute atomic E-state index is 0.269. The predicted octanol–water partition coefficient (Wildman–Crippen LogP) is 5.89. The Morgan fingerprint density at radius 2 is 1.64 bits per heavy atom. The molecular formula is C28H29N3O2. The summed E-state index contributed by atoms with van der Waals surface area (Å²) in [4.78, 5) is 11.8. The number of hydrogen-bond acceptors (Lipinski definition) is 5. The minimum atomic E-state index is 0.269. The molecule has 5 nitrogen and oxygen atoms in total. The highest BCUT2D eigenvalue weighted by molar-refractivity contribution is 5.67. The number of hydrogen-bond donors (Lipinski definition) is 0. The minimum Gasteiger partial charge on any atom is -0.441 e. The van der Waals surface area contributed by atoms with E-state index < -0.39 is 0 Å². The molecule has 4 aromatic rings. The van der Waals surface area contributed by atoms with Crippen molar-refractivity contribution in [1.82, 2.24) is 14.9 Å². The first-order chi connectivity index (χ1) is 16.2. The van der Waals surface area contributed by atoms with Gasteiger partial charge in [0.05, 0.1) is 17.5 Å². The van der Waals surface area contributed by atoms with Gasteiger partial charge < -0.3 is 9.15 Å². The van der Waals surface area contributed by atoms with Crippen LogP contribution in [0, 0.1) is 6.92 Å². The molecule has 5 heteroatoms. The van der Waals surface area contributed by atoms with Gasteiger partial charge in [-0.2, -0.15) is 0 Å². The van der Waals surface area contributed by atoms with Crippen LogP contribution in [-0.4, -0.2) is 34.1 Å². The van der Waals surface area contributed by atoms with Gasteiger partial charge in [-0.1, -0.05) is 48.5 Å². The largest absolute Gasteiger partial charge is 0.441 e. The second-order valence-electron chi connectivity index (χ2n) is 8.59. The summed E-state index contributed by atoms with van der Waals surface area (Å²) < 4.78 is 12.0. The van der Waals surface area contributed by atoms with Gasteiger partial charge in [-0.15, -0.1) is 0 Å². The number of pyridine rings is 1. The van der Waals surface area contributed by atoms with Gasteiger partial charge >= 0.3 is 0 Å². The van der Waals surface area contributed by atoms with Crippen molar-refractivity contribution in [3.8, 4) is 22.6 Å². The van der Waals surface area contributed by atoms with Crippen molar-refractivity contribution in [2.45, 2.75) is 39.0 Å². The van der Waals surface area contributed by atoms with Crippen molar-refractivity contribution in [1.29, 1.82) is 0 Å². The molecule has 1 atom stereocenters. The van der Waals surface area contributed by atoms with Gasteiger partial charge in [0.1, 0.15) is 5.76 Å². The summed E-state index contributed by atoms with van der Waals surface area (Å²) in [7, 11) is 0. The monoisotopic (exact) mass is 439 g/mol. The molecule has 0 saturated carbocycles. The van der Waals surface area contributed by atoms with E-state index >= 15 is 0 Å². The Kier molecular flexibility index (Phi) is 6.61. The van der Waals surface area contributed by atoms with Crippen molar-refractivity contribution in [2.75, 3.05) is 13.2 Å². The topological polar surface area (TPSA) is 51.4 Å². The molecule has 1 unspecified atom stereocenters. The van der Waals surface area contributed by atoms with E-state index in [-0.39, 0.29) is 6.10 Å². The summed E-state index contributed by atoms with van der Waals surface area (Å²) in [5.74, 6) is 1.52. The number of aryl methyl sites for hydroxylation is 1. The molecule has 5 rings (SSSR count). The smallest absolute Gasteiger partial charge is 0.226 e. The van der Waals surface area contributed by atoms with Gasteiger partial charge in [0.15, 0.2) is 0 Å². The molecule has 1 saturated heterocycles. The Balaban J connectivity index is 1.33. The number of oxazole rings is 1. The standard InChI is InChI=1S/C28H29N3O2/c1-21-27(20-31(19-26-11-7-17-32-26)18-25-10-5-6-16-29-25)30-28(33-21)24-14-12-23(13-15-24)22-8-3-2-4-9-22/h2-6,8-10,12-16,26H,7,11,17-20H2,1H3. The second kappa shape index (κ2) is 10.1. The Hall–Kier alpha value is -3.28. The van der Waals surface area contributed by atoms with Crippen molar-refractivity contribution >= 4 is 0 Å². The van der Waals surface area contributed by atoms with Crippen molar-refractivity contribution in [3.05, 3.63) is 96.1 Å². The fourth-order valence-corrected chi connectivity index (χ4v) is 4.33. The molecule has 0 amide bonds. The molecule has 0 N–H and O–H groups in total. The van der Waals surface area contributed by atoms with Crippen LogP contribution in [0.4, 0.5) is 0 Å². The van der Waals surface area contributed by atoms with Crippen LogP contribution in [-0.2, 0) is 17.8 Å². The van der Waals surface area contributed by atoms with Gasteiger partial charge in [-0.25, -0.2) is 4.98 Å². The number of aromatic nitrogens is 2. The van der Waals surface area contributed by atoms with Crippen LogP contribution >= 0.6 is 0 Å². The van der Waals surface area contributed by atoms with Crippen molar-refractivity contribution in [3.63, 3.8) is 0 Å². The first kappa shape index (κ1) is 21.6. The fourth-order valence-electron chi connectivity index (χ4n) is 4.33. The molecule has 1 aliphatic heterocycles. The van der Waals surface area contributed by atoms with Crippen LogP contribution in [0.5, 0.6) is 0 Å². The molecule has 3 heterocycles. The molecule has 1 aliphatic rings. The highest BCUT2D eigenvalue weighted by atomic mass is 16.5. The number of nitrogens with zero attached hydrogens (tertiary/aromatic N) is 3. The Morgan fingerprint density at radius 1 is 0.879 bits per heavy atom. The van der Waals surface area contributed by atoms with E-state index in [1.807, 2.05) is 31.3 Å². The van der Waals surface area contributed by atoms with Gasteiger partial charge in [-0.3, -0.25) is 9.88 Å². The molecule has 2 aromatic heterocycles. The van der Waals surface area contributed by atoms with E-state index in [9.17, 15) is 0 Å². The first-order valence-corrected chi connectivity index (χ1v) is 11.6. The first-order valence-electron chi connectivity index (χ1n) is 11.6. The number of ether oxygens (including phenoxy) is 1. The Labute approximate surface area is 195 Å². The predicted molar refractivity (Wildman–Crippen MR) is 129 cm³/mol. The molecule has 168 valence electrons. The van der Waals surface area contributed by atoms with Crippen LogP contribution in [0.15, 0.2) is 83.4 Å². The van der Waals surface area contributed by atoms with Gasteiger partial charge in [0.2, 0.25) is 5.89 Å². The average molecular weight is 440 g/mol. The van der Waals surface area contributed by atoms with Crippen LogP contribution in [0.1, 0.15) is 30.0 Å². The molecular weight excluding hydrogens is 410 g/mol. The van der Waals surface area contributed by atoms with E-state index in [1.54, 1.807) is 0 Å². The maximum absolute atomic E-state index is 6.08. The zero-order valence-corrected chi connectivity index (χ0v) is 19.0. The summed E-state index contributed by atoms with van der Waals surface area (Å²) in [6.07, 6.45) is 4.35. The zero-order valence-electron chi connectivity index (χ0n) is 19.0. The molecule has 0 bridgehead atoms. The summed E-state index contributed by atoms with van der Waals surface area (Å²) in [6.45, 7) is 5.18. The molecule has 33 heavy (non-hydrogen) atoms. The SMILES string of the molecule is Cc1oc(-c2ccc(-c3ccccc3)cc2)nc1CN(Cc1ccccn1)CC1CCCO1. The number of rotatable bonds is 8. The molecule has 1 fully saturated rings. The molecule has 0 aliphatic carbocycles. The lowest BCUT2D eigenvalue weighted by atomic mass is 10.0. The molecule has 0 spiro atoms. The van der Waals surface area contributed by atoms with Crippen molar-refractivity contribution in [2.24, 2.45) is 0 Å². The maximum atomic E-state index is 6.08. The lowest BCUT2D eigenvalue weighted by Crippen LogP contribution is -2.32. The van der Waals surface area contributed by atoms with Crippen LogP contribution < -0.4 is 0 Å². The zero-order chi connectivity index (χ0) is 22.5. The van der Waals surface area contributed by atoms with E-state index in [0.717, 1.165) is 55.2 Å². The average Bonchev–Trinajstić information content (AvgIpc) is 3.50. The van der Waals surface area contributed by atoms with Crippen LogP contribution in [0.3, 0.4) is 0 Å². The molecule has 2 aromatic carbocycles. The highest BCUT2D eigenvalue weighted by Crippen LogP contribution is 2.27. The van der Waals surface area contributed by atoms with Gasteiger partial charge in [0.25, 0.3) is 0 Å². The fraction of sp³-hybridized carbons (Fsp3) is 0.286. The summed E-state index contributed by atoms with van der Waals surface area (Å²) >= 11 is 0. The summed E-state index contributed by atoms with van der Waals surface area (Å²) in [5.41, 5.74) is 5.38. The lowest BCUT2D eigenvalue weighted by Gasteiger charge is -2.24. The molecule has 0 radical (unpaired) electrons. The number of benzene rings is 2. The van der Waals surface area contributed by atoms with Gasteiger partial charge in [0, 0.05) is 38.0 Å². The van der Waals surface area contributed by atoms with Gasteiger partial charge in [-0.05, 0) is 55.2 Å². The van der Waals surface area contributed by atoms with E-state index in [1.165, 1.54) is 11.1 Å². The summed E-state index contributed by atoms with van der Waals surface area (Å²) in [6, 6.07) is 24.8. The maximum Gasteiger partial charge on any atom is 0.226 e. The van der Waals surface area contributed by atoms with Crippen LogP contribution in [0.25, 0.3) is 22.6 Å². The normalized spacial score (nSPS) is 15.9. The van der Waals surface area contributed by atoms with E-state index in [0.29, 0.717) is 12.4 Å². The quantitative estimate of drug-likeness (QED) is 0.342. The second-order valence-corrected chi connectivity index (χ2v) is 8.59. The third kappa shape index (κ3) is 5.38. The third-order valence-electron chi connectivity index (χ3n) is 6.10. The lowest BCUT2D eigenvalue weighted by molar-refractivity contribution is 0.0669. The summed E-state index contributed by atoms with van der Waals surface area (Å²) in [5, 5.41) is 0. The van der Waals surface area contributed by atoms with Crippen molar-refractivity contribution < 1.29 is 9.15 Å². The van der Waals surface area contributed by atoms with E-state index in [4.69, 9.17) is 14.1 Å².